The van der Waals surface area contributed by atoms with Gasteiger partial charge >= 0.3 is 5.97 Å². The summed E-state index contributed by atoms with van der Waals surface area (Å²) < 4.78 is 5.34. The average molecular weight is 356 g/mol. The SMILES string of the molecule is Cc1[nH]c2ccccc2c1C(=O)C(C)OC(=O)CN1CCCCCC1=O. The zero-order chi connectivity index (χ0) is 18.7. The Morgan fingerprint density at radius 2 is 2.00 bits per heavy atom. The highest BCUT2D eigenvalue weighted by Crippen LogP contribution is 2.24. The first kappa shape index (κ1) is 18.2. The van der Waals surface area contributed by atoms with Crippen LogP contribution in [0.4, 0.5) is 0 Å². The average Bonchev–Trinajstić information content (AvgIpc) is 2.81. The van der Waals surface area contributed by atoms with Gasteiger partial charge in [-0.05, 0) is 32.8 Å². The van der Waals surface area contributed by atoms with Crippen LogP contribution in [0.5, 0.6) is 0 Å². The maximum absolute atomic E-state index is 12.8. The van der Waals surface area contributed by atoms with Crippen molar-refractivity contribution in [1.29, 1.82) is 0 Å². The van der Waals surface area contributed by atoms with Crippen molar-refractivity contribution in [3.8, 4) is 0 Å². The number of benzene rings is 1. The van der Waals surface area contributed by atoms with E-state index in [0.29, 0.717) is 18.5 Å². The quantitative estimate of drug-likeness (QED) is 0.660. The second kappa shape index (κ2) is 7.72. The van der Waals surface area contributed by atoms with E-state index >= 15 is 0 Å². The summed E-state index contributed by atoms with van der Waals surface area (Å²) in [7, 11) is 0. The Morgan fingerprint density at radius 1 is 1.23 bits per heavy atom. The summed E-state index contributed by atoms with van der Waals surface area (Å²) in [4.78, 5) is 41.7. The number of likely N-dealkylation sites (tertiary alicyclic amines) is 1. The van der Waals surface area contributed by atoms with Crippen LogP contribution in [0, 0.1) is 6.92 Å². The predicted octanol–water partition coefficient (Wildman–Crippen LogP) is 2.99. The number of aryl methyl sites for hydroxylation is 1. The monoisotopic (exact) mass is 356 g/mol. The minimum Gasteiger partial charge on any atom is -0.453 e. The fraction of sp³-hybridized carbons (Fsp3) is 0.450. The van der Waals surface area contributed by atoms with Crippen LogP contribution in [0.25, 0.3) is 10.9 Å². The minimum absolute atomic E-state index is 0.0223. The molecule has 1 fully saturated rings. The molecule has 1 aromatic carbocycles. The van der Waals surface area contributed by atoms with Crippen LogP contribution in [0.2, 0.25) is 0 Å². The maximum atomic E-state index is 12.8. The van der Waals surface area contributed by atoms with Gasteiger partial charge in [-0.15, -0.1) is 0 Å². The molecule has 138 valence electrons. The molecule has 1 aliphatic heterocycles. The van der Waals surface area contributed by atoms with E-state index in [4.69, 9.17) is 4.74 Å². The Morgan fingerprint density at radius 3 is 2.81 bits per heavy atom. The number of Topliss-reactive ketones (excluding diaryl/α,β-unsaturated/α-hetero) is 1. The third-order valence-corrected chi connectivity index (χ3v) is 4.81. The molecular formula is C20H24N2O4. The van der Waals surface area contributed by atoms with Crippen LogP contribution in [-0.4, -0.2) is 46.7 Å². The number of aromatic amines is 1. The smallest absolute Gasteiger partial charge is 0.326 e. The number of carbonyl (C=O) groups is 3. The van der Waals surface area contributed by atoms with Crippen molar-refractivity contribution in [1.82, 2.24) is 9.88 Å². The molecule has 0 bridgehead atoms. The van der Waals surface area contributed by atoms with E-state index in [1.54, 1.807) is 6.92 Å². The lowest BCUT2D eigenvalue weighted by molar-refractivity contribution is -0.151. The Kier molecular flexibility index (Phi) is 5.40. The number of fused-ring (bicyclic) bond motifs is 1. The van der Waals surface area contributed by atoms with Crippen LogP contribution in [0.1, 0.15) is 48.7 Å². The minimum atomic E-state index is -0.900. The molecule has 1 aliphatic rings. The second-order valence-electron chi connectivity index (χ2n) is 6.79. The van der Waals surface area contributed by atoms with Gasteiger partial charge in [-0.2, -0.15) is 0 Å². The summed E-state index contributed by atoms with van der Waals surface area (Å²) in [6.07, 6.45) is 2.31. The van der Waals surface area contributed by atoms with Crippen LogP contribution in [0.3, 0.4) is 0 Å². The number of hydrogen-bond acceptors (Lipinski definition) is 4. The number of hydrogen-bond donors (Lipinski definition) is 1. The molecule has 1 amide bonds. The molecular weight excluding hydrogens is 332 g/mol. The van der Waals surface area contributed by atoms with Gasteiger partial charge in [0, 0.05) is 35.1 Å². The van der Waals surface area contributed by atoms with E-state index in [2.05, 4.69) is 4.98 Å². The number of nitrogens with zero attached hydrogens (tertiary/aromatic N) is 1. The van der Waals surface area contributed by atoms with E-state index in [9.17, 15) is 14.4 Å². The lowest BCUT2D eigenvalue weighted by atomic mass is 10.0. The molecule has 6 heteroatoms. The van der Waals surface area contributed by atoms with Gasteiger partial charge in [-0.25, -0.2) is 0 Å². The molecule has 1 saturated heterocycles. The van der Waals surface area contributed by atoms with E-state index < -0.39 is 12.1 Å². The third kappa shape index (κ3) is 3.79. The van der Waals surface area contributed by atoms with Crippen LogP contribution in [0.15, 0.2) is 24.3 Å². The van der Waals surface area contributed by atoms with Crippen molar-refractivity contribution >= 4 is 28.6 Å². The van der Waals surface area contributed by atoms with Crippen LogP contribution >= 0.6 is 0 Å². The molecule has 6 nitrogen and oxygen atoms in total. The Labute approximate surface area is 152 Å². The van der Waals surface area contributed by atoms with Crippen molar-refractivity contribution in [3.05, 3.63) is 35.5 Å². The van der Waals surface area contributed by atoms with Crippen molar-refractivity contribution in [3.63, 3.8) is 0 Å². The number of rotatable bonds is 5. The number of para-hydroxylation sites is 1. The highest BCUT2D eigenvalue weighted by molar-refractivity contribution is 6.11. The van der Waals surface area contributed by atoms with Crippen molar-refractivity contribution in [2.75, 3.05) is 13.1 Å². The molecule has 1 unspecified atom stereocenters. The third-order valence-electron chi connectivity index (χ3n) is 4.81. The fourth-order valence-electron chi connectivity index (χ4n) is 3.45. The first-order valence-electron chi connectivity index (χ1n) is 9.06. The summed E-state index contributed by atoms with van der Waals surface area (Å²) in [6.45, 7) is 3.88. The van der Waals surface area contributed by atoms with Crippen molar-refractivity contribution in [2.24, 2.45) is 0 Å². The molecule has 1 N–H and O–H groups in total. The molecule has 0 spiro atoms. The van der Waals surface area contributed by atoms with Crippen LogP contribution in [-0.2, 0) is 14.3 Å². The maximum Gasteiger partial charge on any atom is 0.326 e. The molecule has 2 aromatic rings. The molecule has 1 aromatic heterocycles. The molecule has 0 aliphatic carbocycles. The summed E-state index contributed by atoms with van der Waals surface area (Å²) in [5.74, 6) is -0.806. The summed E-state index contributed by atoms with van der Waals surface area (Å²) in [5, 5.41) is 0.820. The van der Waals surface area contributed by atoms with E-state index in [1.807, 2.05) is 31.2 Å². The molecule has 3 rings (SSSR count). The topological polar surface area (TPSA) is 79.5 Å². The molecule has 26 heavy (non-hydrogen) atoms. The number of esters is 1. The predicted molar refractivity (Wildman–Crippen MR) is 98.0 cm³/mol. The molecule has 0 saturated carbocycles. The summed E-state index contributed by atoms with van der Waals surface area (Å²) in [5.41, 5.74) is 2.18. The number of ether oxygens (including phenoxy) is 1. The van der Waals surface area contributed by atoms with E-state index in [1.165, 1.54) is 4.90 Å². The van der Waals surface area contributed by atoms with Gasteiger partial charge in [-0.3, -0.25) is 14.4 Å². The first-order valence-corrected chi connectivity index (χ1v) is 9.06. The van der Waals surface area contributed by atoms with Gasteiger partial charge in [0.15, 0.2) is 6.10 Å². The van der Waals surface area contributed by atoms with E-state index in [-0.39, 0.29) is 18.2 Å². The lowest BCUT2D eigenvalue weighted by Crippen LogP contribution is -2.38. The highest BCUT2D eigenvalue weighted by atomic mass is 16.5. The normalized spacial score (nSPS) is 16.4. The van der Waals surface area contributed by atoms with Crippen molar-refractivity contribution < 1.29 is 19.1 Å². The number of nitrogens with one attached hydrogen (secondary N) is 1. The van der Waals surface area contributed by atoms with Crippen molar-refractivity contribution in [2.45, 2.75) is 45.6 Å². The number of carbonyl (C=O) groups excluding carboxylic acids is 3. The van der Waals surface area contributed by atoms with Gasteiger partial charge in [-0.1, -0.05) is 24.6 Å². The molecule has 1 atom stereocenters. The number of aromatic nitrogens is 1. The van der Waals surface area contributed by atoms with Gasteiger partial charge in [0.05, 0.1) is 0 Å². The molecule has 2 heterocycles. The van der Waals surface area contributed by atoms with Gasteiger partial charge < -0.3 is 14.6 Å². The Hall–Kier alpha value is -2.63. The van der Waals surface area contributed by atoms with E-state index in [0.717, 1.165) is 35.9 Å². The number of ketones is 1. The largest absolute Gasteiger partial charge is 0.453 e. The molecule has 0 radical (unpaired) electrons. The van der Waals surface area contributed by atoms with Crippen LogP contribution < -0.4 is 0 Å². The number of H-pyrrole nitrogens is 1. The van der Waals surface area contributed by atoms with Gasteiger partial charge in [0.1, 0.15) is 6.54 Å². The fourth-order valence-corrected chi connectivity index (χ4v) is 3.45. The zero-order valence-electron chi connectivity index (χ0n) is 15.2. The van der Waals surface area contributed by atoms with Gasteiger partial charge in [0.2, 0.25) is 11.7 Å². The lowest BCUT2D eigenvalue weighted by Gasteiger charge is -2.20. The standard InChI is InChI=1S/C20H24N2O4/c1-13-19(15-8-5-6-9-16(15)21-13)20(25)14(2)26-18(24)12-22-11-7-3-4-10-17(22)23/h5-6,8-9,14,21H,3-4,7,10-12H2,1-2H3. The summed E-state index contributed by atoms with van der Waals surface area (Å²) in [6, 6.07) is 7.54. The van der Waals surface area contributed by atoms with Gasteiger partial charge in [0.25, 0.3) is 0 Å². The zero-order valence-corrected chi connectivity index (χ0v) is 15.2. The first-order chi connectivity index (χ1) is 12.5. The Balaban J connectivity index is 1.67. The number of amides is 1. The summed E-state index contributed by atoms with van der Waals surface area (Å²) >= 11 is 0. The Bertz CT molecular complexity index is 839. The second-order valence-corrected chi connectivity index (χ2v) is 6.79. The highest BCUT2D eigenvalue weighted by Gasteiger charge is 2.26.